The van der Waals surface area contributed by atoms with E-state index in [4.69, 9.17) is 23.2 Å². The Bertz CT molecular complexity index is 1780. The summed E-state index contributed by atoms with van der Waals surface area (Å²) in [6.45, 7) is 8.69. The van der Waals surface area contributed by atoms with Gasteiger partial charge < -0.3 is 21.4 Å². The Labute approximate surface area is 264 Å². The van der Waals surface area contributed by atoms with E-state index in [1.807, 2.05) is 25.1 Å². The maximum absolute atomic E-state index is 13.9. The fourth-order valence-corrected chi connectivity index (χ4v) is 5.59. The lowest BCUT2D eigenvalue weighted by Crippen LogP contribution is -2.49. The van der Waals surface area contributed by atoms with Crippen molar-refractivity contribution in [3.63, 3.8) is 0 Å². The van der Waals surface area contributed by atoms with Crippen LogP contribution in [0.15, 0.2) is 60.8 Å². The fraction of sp³-hybridized carbons (Fsp3) is 0.344. The summed E-state index contributed by atoms with van der Waals surface area (Å²) in [5.41, 5.74) is 9.61. The molecule has 0 radical (unpaired) electrons. The van der Waals surface area contributed by atoms with Gasteiger partial charge in [-0.2, -0.15) is 23.5 Å². The van der Waals surface area contributed by atoms with Gasteiger partial charge in [-0.1, -0.05) is 50.6 Å². The molecule has 0 spiro atoms. The molecular weight excluding hydrogens is 603 g/mol. The molecule has 13 heteroatoms. The number of nitrogens with zero attached hydrogens (tertiary/aromatic N) is 4. The first kappa shape index (κ1) is 31.9. The first-order valence-electron chi connectivity index (χ1n) is 14.3. The number of benzene rings is 2. The molecule has 0 bridgehead atoms. The summed E-state index contributed by atoms with van der Waals surface area (Å²) >= 11 is 6.73. The molecule has 2 aromatic heterocycles. The second-order valence-electron chi connectivity index (χ2n) is 12.6. The van der Waals surface area contributed by atoms with Gasteiger partial charge in [0.05, 0.1) is 39.7 Å². The van der Waals surface area contributed by atoms with E-state index in [0.29, 0.717) is 50.0 Å². The first-order chi connectivity index (χ1) is 21.1. The highest BCUT2D eigenvalue weighted by molar-refractivity contribution is 6.35. The van der Waals surface area contributed by atoms with Crippen LogP contribution >= 0.6 is 11.6 Å². The molecule has 45 heavy (non-hydrogen) atoms. The van der Waals surface area contributed by atoms with Crippen molar-refractivity contribution >= 4 is 33.9 Å². The molecule has 1 saturated carbocycles. The van der Waals surface area contributed by atoms with Crippen LogP contribution in [0.3, 0.4) is 0 Å². The number of fused-ring (bicyclic) bond motifs is 1. The number of nitrogens with one attached hydrogen (secondary N) is 3. The van der Waals surface area contributed by atoms with Gasteiger partial charge in [-0.15, -0.1) is 0 Å². The van der Waals surface area contributed by atoms with E-state index >= 15 is 0 Å². The number of nitrogens with two attached hydrogens (primary N) is 2. The van der Waals surface area contributed by atoms with E-state index in [2.05, 4.69) is 52.7 Å². The molecule has 7 N–H and O–H groups in total. The molecule has 4 aromatic rings. The van der Waals surface area contributed by atoms with E-state index in [1.165, 1.54) is 6.20 Å². The normalized spacial score (nSPS) is 15.4. The predicted octanol–water partition coefficient (Wildman–Crippen LogP) is 7.14. The summed E-state index contributed by atoms with van der Waals surface area (Å²) in [4.78, 5) is 4.42. The van der Waals surface area contributed by atoms with Crippen LogP contribution in [-0.2, 0) is 0 Å². The standard InChI is InChI=1S/C32H35ClF3N9/c1-18-22(20-14-42-43-15-20)6-5-7-23(18)29(26(38)16-45(39)31(8-9-31)32(34,35)36)44-21-10-24-27(41-17-30(2,3)4)19(12-37)13-40-28(24)25(33)11-21/h5-7,10-11,13-16,29,44H,8-9,17,38-39H2,1-4H3,(H,40,41)(H,42,43)/b26-16-. The maximum Gasteiger partial charge on any atom is 0.413 e. The van der Waals surface area contributed by atoms with Crippen molar-refractivity contribution < 1.29 is 13.2 Å². The third-order valence-corrected chi connectivity index (χ3v) is 8.30. The lowest BCUT2D eigenvalue weighted by molar-refractivity contribution is -0.189. The molecule has 236 valence electrons. The molecule has 9 nitrogen and oxygen atoms in total. The molecule has 1 unspecified atom stereocenters. The van der Waals surface area contributed by atoms with Crippen molar-refractivity contribution in [3.8, 4) is 17.2 Å². The van der Waals surface area contributed by atoms with Crippen molar-refractivity contribution in [1.82, 2.24) is 20.2 Å². The summed E-state index contributed by atoms with van der Waals surface area (Å²) in [6.07, 6.45) is 1.30. The van der Waals surface area contributed by atoms with E-state index < -0.39 is 17.8 Å². The number of hydrazine groups is 1. The Morgan fingerprint density at radius 3 is 2.58 bits per heavy atom. The van der Waals surface area contributed by atoms with E-state index in [9.17, 15) is 18.4 Å². The second-order valence-corrected chi connectivity index (χ2v) is 13.0. The smallest absolute Gasteiger partial charge is 0.399 e. The van der Waals surface area contributed by atoms with Gasteiger partial charge in [-0.3, -0.25) is 10.1 Å². The van der Waals surface area contributed by atoms with Gasteiger partial charge >= 0.3 is 6.18 Å². The first-order valence-corrected chi connectivity index (χ1v) is 14.7. The molecule has 2 aromatic carbocycles. The van der Waals surface area contributed by atoms with Crippen LogP contribution in [0.5, 0.6) is 0 Å². The van der Waals surface area contributed by atoms with Crippen molar-refractivity contribution in [3.05, 3.63) is 82.5 Å². The lowest BCUT2D eigenvalue weighted by atomic mass is 9.92. The van der Waals surface area contributed by atoms with E-state index in [1.54, 1.807) is 24.5 Å². The number of pyridine rings is 1. The number of alkyl halides is 3. The Balaban J connectivity index is 1.63. The average molecular weight is 638 g/mol. The molecule has 1 aliphatic rings. The molecule has 1 aliphatic carbocycles. The third kappa shape index (κ3) is 6.36. The minimum absolute atomic E-state index is 0.0617. The number of nitriles is 1. The SMILES string of the molecule is Cc1c(-c2cn[nH]c2)cccc1C(Nc1cc(Cl)c2ncc(C#N)c(NCC(C)(C)C)c2c1)/C(N)=C/N(N)C1(C(F)(F)F)CC1. The molecule has 1 fully saturated rings. The maximum atomic E-state index is 13.9. The summed E-state index contributed by atoms with van der Waals surface area (Å²) in [7, 11) is 0. The zero-order valence-corrected chi connectivity index (χ0v) is 26.1. The number of aromatic amines is 1. The minimum Gasteiger partial charge on any atom is -0.399 e. The highest BCUT2D eigenvalue weighted by Crippen LogP contribution is 2.52. The van der Waals surface area contributed by atoms with Gasteiger partial charge in [0, 0.05) is 41.8 Å². The molecular formula is C32H35ClF3N9. The number of hydrogen-bond donors (Lipinski definition) is 5. The van der Waals surface area contributed by atoms with Crippen molar-refractivity contribution in [2.75, 3.05) is 17.2 Å². The van der Waals surface area contributed by atoms with E-state index in [-0.39, 0.29) is 24.0 Å². The van der Waals surface area contributed by atoms with Crippen LogP contribution < -0.4 is 22.2 Å². The average Bonchev–Trinajstić information content (AvgIpc) is 3.63. The number of anilines is 2. The topological polar surface area (TPSA) is 145 Å². The quantitative estimate of drug-likeness (QED) is 0.0962. The summed E-state index contributed by atoms with van der Waals surface area (Å²) in [5.74, 6) is 6.02. The number of hydrogen-bond acceptors (Lipinski definition) is 8. The fourth-order valence-electron chi connectivity index (χ4n) is 5.32. The van der Waals surface area contributed by atoms with Crippen LogP contribution in [-0.4, -0.2) is 38.5 Å². The summed E-state index contributed by atoms with van der Waals surface area (Å²) in [6, 6.07) is 10.5. The van der Waals surface area contributed by atoms with Crippen LogP contribution in [0.4, 0.5) is 24.5 Å². The Kier molecular flexibility index (Phi) is 8.37. The Morgan fingerprint density at radius 1 is 1.24 bits per heavy atom. The molecule has 0 saturated heterocycles. The van der Waals surface area contributed by atoms with Gasteiger partial charge in [0.25, 0.3) is 0 Å². The van der Waals surface area contributed by atoms with Crippen LogP contribution in [0, 0.1) is 23.7 Å². The Morgan fingerprint density at radius 2 is 1.98 bits per heavy atom. The number of rotatable bonds is 9. The number of halogens is 4. The molecule has 0 aliphatic heterocycles. The van der Waals surface area contributed by atoms with Crippen molar-refractivity contribution in [2.45, 2.75) is 58.3 Å². The molecule has 0 amide bonds. The van der Waals surface area contributed by atoms with Crippen LogP contribution in [0.2, 0.25) is 5.02 Å². The summed E-state index contributed by atoms with van der Waals surface area (Å²) in [5, 5.41) is 25.1. The van der Waals surface area contributed by atoms with Crippen LogP contribution in [0.1, 0.15) is 56.3 Å². The summed E-state index contributed by atoms with van der Waals surface area (Å²) < 4.78 is 41.7. The third-order valence-electron chi connectivity index (χ3n) is 8.01. The van der Waals surface area contributed by atoms with Gasteiger partial charge in [-0.05, 0) is 54.0 Å². The van der Waals surface area contributed by atoms with Crippen molar-refractivity contribution in [1.29, 1.82) is 5.26 Å². The highest BCUT2D eigenvalue weighted by Gasteiger charge is 2.66. The van der Waals surface area contributed by atoms with Crippen molar-refractivity contribution in [2.24, 2.45) is 17.0 Å². The molecule has 1 atom stereocenters. The molecule has 5 rings (SSSR count). The monoisotopic (exact) mass is 637 g/mol. The predicted molar refractivity (Wildman–Crippen MR) is 171 cm³/mol. The number of H-pyrrole nitrogens is 1. The zero-order valence-electron chi connectivity index (χ0n) is 25.4. The molecule has 2 heterocycles. The highest BCUT2D eigenvalue weighted by atomic mass is 35.5. The van der Waals surface area contributed by atoms with E-state index in [0.717, 1.165) is 22.9 Å². The zero-order chi connectivity index (χ0) is 32.7. The van der Waals surface area contributed by atoms with Crippen LogP contribution in [0.25, 0.3) is 22.0 Å². The van der Waals surface area contributed by atoms with Gasteiger partial charge in [0.1, 0.15) is 6.07 Å². The van der Waals surface area contributed by atoms with Gasteiger partial charge in [-0.25, -0.2) is 5.84 Å². The Hall–Kier alpha value is -4.47. The largest absolute Gasteiger partial charge is 0.413 e. The minimum atomic E-state index is -4.52. The number of aromatic nitrogens is 3. The van der Waals surface area contributed by atoms with Gasteiger partial charge in [0.2, 0.25) is 0 Å². The second kappa shape index (κ2) is 11.8. The van der Waals surface area contributed by atoms with Gasteiger partial charge in [0.15, 0.2) is 5.54 Å². The lowest BCUT2D eigenvalue weighted by Gasteiger charge is -2.30.